The van der Waals surface area contributed by atoms with Gasteiger partial charge in [-0.15, -0.1) is 0 Å². The highest BCUT2D eigenvalue weighted by Gasteiger charge is 2.29. The summed E-state index contributed by atoms with van der Waals surface area (Å²) in [6.45, 7) is 10.0. The summed E-state index contributed by atoms with van der Waals surface area (Å²) in [6, 6.07) is 10.2. The van der Waals surface area contributed by atoms with E-state index < -0.39 is 17.6 Å². The molecular weight excluding hydrogens is 504 g/mol. The molecule has 2 aromatic carbocycles. The predicted molar refractivity (Wildman–Crippen MR) is 150 cm³/mol. The Labute approximate surface area is 227 Å². The van der Waals surface area contributed by atoms with Gasteiger partial charge >= 0.3 is 6.09 Å². The van der Waals surface area contributed by atoms with Crippen LogP contribution >= 0.6 is 11.6 Å². The lowest BCUT2D eigenvalue weighted by atomic mass is 9.75. The van der Waals surface area contributed by atoms with Crippen LogP contribution in [0.2, 0.25) is 5.02 Å². The van der Waals surface area contributed by atoms with E-state index in [9.17, 15) is 14.4 Å². The van der Waals surface area contributed by atoms with Crippen LogP contribution in [0.4, 0.5) is 10.5 Å². The Morgan fingerprint density at radius 1 is 1.13 bits per heavy atom. The number of hydrogen-bond acceptors (Lipinski definition) is 5. The number of halogens is 1. The molecule has 1 heterocycles. The molecule has 1 aromatic heterocycles. The Bertz CT molecular complexity index is 1410. The maximum absolute atomic E-state index is 13.3. The number of benzene rings is 2. The summed E-state index contributed by atoms with van der Waals surface area (Å²) >= 11 is 6.32. The molecule has 38 heavy (non-hydrogen) atoms. The lowest BCUT2D eigenvalue weighted by molar-refractivity contribution is 0.0523. The van der Waals surface area contributed by atoms with Crippen LogP contribution in [0.25, 0.3) is 10.8 Å². The Morgan fingerprint density at radius 2 is 1.84 bits per heavy atom. The van der Waals surface area contributed by atoms with Crippen molar-refractivity contribution in [3.05, 3.63) is 69.1 Å². The van der Waals surface area contributed by atoms with Crippen LogP contribution in [0.5, 0.6) is 0 Å². The van der Waals surface area contributed by atoms with Gasteiger partial charge in [0.05, 0.1) is 28.2 Å². The number of nitrogens with zero attached hydrogens (tertiary/aromatic N) is 2. The number of fused-ring (bicyclic) bond motifs is 1. The van der Waals surface area contributed by atoms with Gasteiger partial charge in [0.2, 0.25) is 0 Å². The zero-order chi connectivity index (χ0) is 27.7. The van der Waals surface area contributed by atoms with E-state index in [0.717, 1.165) is 25.7 Å². The molecule has 0 aliphatic heterocycles. The largest absolute Gasteiger partial charge is 0.444 e. The summed E-state index contributed by atoms with van der Waals surface area (Å²) in [5.41, 5.74) is 0.952. The van der Waals surface area contributed by atoms with Gasteiger partial charge in [-0.05, 0) is 81.7 Å². The van der Waals surface area contributed by atoms with Gasteiger partial charge in [-0.2, -0.15) is 5.10 Å². The van der Waals surface area contributed by atoms with E-state index in [4.69, 9.17) is 16.3 Å². The maximum atomic E-state index is 13.3. The summed E-state index contributed by atoms with van der Waals surface area (Å²) in [4.78, 5) is 38.4. The molecule has 3 aromatic rings. The van der Waals surface area contributed by atoms with Gasteiger partial charge in [0.25, 0.3) is 11.5 Å². The van der Waals surface area contributed by atoms with Gasteiger partial charge in [-0.1, -0.05) is 37.6 Å². The van der Waals surface area contributed by atoms with Crippen molar-refractivity contribution in [2.75, 3.05) is 5.32 Å². The monoisotopic (exact) mass is 538 g/mol. The van der Waals surface area contributed by atoms with Gasteiger partial charge in [0, 0.05) is 17.6 Å². The van der Waals surface area contributed by atoms with Crippen molar-refractivity contribution in [2.45, 2.75) is 78.5 Å². The summed E-state index contributed by atoms with van der Waals surface area (Å²) in [7, 11) is 0. The number of carbonyl (C=O) groups is 2. The third-order valence-corrected chi connectivity index (χ3v) is 7.17. The average Bonchev–Trinajstić information content (AvgIpc) is 2.83. The molecule has 1 saturated carbocycles. The first kappa shape index (κ1) is 27.6. The van der Waals surface area contributed by atoms with Crippen LogP contribution in [0.1, 0.15) is 82.3 Å². The van der Waals surface area contributed by atoms with E-state index >= 15 is 0 Å². The molecule has 8 nitrogen and oxygen atoms in total. The highest BCUT2D eigenvalue weighted by atomic mass is 35.5. The van der Waals surface area contributed by atoms with Crippen molar-refractivity contribution in [3.63, 3.8) is 0 Å². The number of rotatable bonds is 5. The first-order chi connectivity index (χ1) is 17.8. The molecule has 2 N–H and O–H groups in total. The first-order valence-corrected chi connectivity index (χ1v) is 13.3. The van der Waals surface area contributed by atoms with Gasteiger partial charge < -0.3 is 15.4 Å². The van der Waals surface area contributed by atoms with Crippen molar-refractivity contribution >= 4 is 40.1 Å². The van der Waals surface area contributed by atoms with Crippen molar-refractivity contribution in [2.24, 2.45) is 5.41 Å². The molecule has 4 rings (SSSR count). The third kappa shape index (κ3) is 6.72. The van der Waals surface area contributed by atoms with Crippen molar-refractivity contribution < 1.29 is 14.3 Å². The lowest BCUT2D eigenvalue weighted by Crippen LogP contribution is -2.32. The Hall–Kier alpha value is -3.39. The second-order valence-electron chi connectivity index (χ2n) is 11.7. The Balaban J connectivity index is 1.50. The third-order valence-electron chi connectivity index (χ3n) is 6.84. The minimum absolute atomic E-state index is 0.0778. The minimum atomic E-state index is -0.610. The van der Waals surface area contributed by atoms with Crippen LogP contribution in [0.3, 0.4) is 0 Å². The van der Waals surface area contributed by atoms with E-state index in [2.05, 4.69) is 29.6 Å². The number of nitrogens with one attached hydrogen (secondary N) is 2. The van der Waals surface area contributed by atoms with E-state index in [-0.39, 0.29) is 28.7 Å². The number of amides is 2. The zero-order valence-corrected chi connectivity index (χ0v) is 23.3. The molecule has 0 radical (unpaired) electrons. The summed E-state index contributed by atoms with van der Waals surface area (Å²) in [5, 5.41) is 11.5. The van der Waals surface area contributed by atoms with Crippen LogP contribution in [-0.4, -0.2) is 27.4 Å². The van der Waals surface area contributed by atoms with Gasteiger partial charge in [0.1, 0.15) is 5.60 Å². The molecule has 0 saturated heterocycles. The molecule has 1 fully saturated rings. The smallest absolute Gasteiger partial charge is 0.407 e. The molecule has 2 amide bonds. The fourth-order valence-electron chi connectivity index (χ4n) is 4.66. The number of carbonyl (C=O) groups excluding carboxylic acids is 2. The normalized spacial score (nSPS) is 15.7. The summed E-state index contributed by atoms with van der Waals surface area (Å²) < 4.78 is 6.85. The summed E-state index contributed by atoms with van der Waals surface area (Å²) in [6.07, 6.45) is 5.09. The van der Waals surface area contributed by atoms with Gasteiger partial charge in [-0.25, -0.2) is 9.48 Å². The van der Waals surface area contributed by atoms with Crippen molar-refractivity contribution in [1.29, 1.82) is 0 Å². The number of aromatic nitrogens is 2. The molecule has 202 valence electrons. The summed E-state index contributed by atoms with van der Waals surface area (Å²) in [5.74, 6) is -0.419. The zero-order valence-electron chi connectivity index (χ0n) is 22.6. The SMILES string of the molecule is CC1(C)CCC(n2ncc3ccc(NC(=O)c4cc(CNC(=O)OC(C)(C)C)ccc4Cl)cc3c2=O)CC1. The highest BCUT2D eigenvalue weighted by Crippen LogP contribution is 2.39. The molecule has 0 unspecified atom stereocenters. The Morgan fingerprint density at radius 3 is 2.53 bits per heavy atom. The quantitative estimate of drug-likeness (QED) is 0.387. The Kier molecular flexibility index (Phi) is 7.83. The molecule has 1 aliphatic rings. The molecule has 1 aliphatic carbocycles. The first-order valence-electron chi connectivity index (χ1n) is 12.9. The van der Waals surface area contributed by atoms with E-state index in [0.29, 0.717) is 27.4 Å². The van der Waals surface area contributed by atoms with Crippen LogP contribution < -0.4 is 16.2 Å². The van der Waals surface area contributed by atoms with Crippen molar-refractivity contribution in [3.8, 4) is 0 Å². The molecule has 9 heteroatoms. The van der Waals surface area contributed by atoms with Gasteiger partial charge in [0.15, 0.2) is 0 Å². The molecule has 0 atom stereocenters. The van der Waals surface area contributed by atoms with E-state index in [1.807, 2.05) is 0 Å². The minimum Gasteiger partial charge on any atom is -0.444 e. The molecule has 0 bridgehead atoms. The molecule has 0 spiro atoms. The number of ether oxygens (including phenoxy) is 1. The van der Waals surface area contributed by atoms with Crippen LogP contribution in [0, 0.1) is 5.41 Å². The van der Waals surface area contributed by atoms with E-state index in [1.54, 1.807) is 68.0 Å². The second-order valence-corrected chi connectivity index (χ2v) is 12.1. The lowest BCUT2D eigenvalue weighted by Gasteiger charge is -2.34. The van der Waals surface area contributed by atoms with Crippen molar-refractivity contribution in [1.82, 2.24) is 15.1 Å². The second kappa shape index (κ2) is 10.8. The van der Waals surface area contributed by atoms with Crippen LogP contribution in [-0.2, 0) is 11.3 Å². The molecular formula is C29H35ClN4O4. The predicted octanol–water partition coefficient (Wildman–Crippen LogP) is 6.47. The number of alkyl carbamates (subject to hydrolysis) is 1. The topological polar surface area (TPSA) is 102 Å². The van der Waals surface area contributed by atoms with Gasteiger partial charge in [-0.3, -0.25) is 9.59 Å². The maximum Gasteiger partial charge on any atom is 0.407 e. The number of hydrogen-bond donors (Lipinski definition) is 2. The van der Waals surface area contributed by atoms with Crippen LogP contribution in [0.15, 0.2) is 47.4 Å². The fourth-order valence-corrected chi connectivity index (χ4v) is 4.87. The average molecular weight is 539 g/mol. The standard InChI is InChI=1S/C29H35ClN4O4/c1-28(2,3)38-27(37)31-16-18-6-9-24(30)23(14-18)25(35)33-20-8-7-19-17-32-34(26(36)22(19)15-20)21-10-12-29(4,5)13-11-21/h6-9,14-15,17,21H,10-13,16H2,1-5H3,(H,31,37)(H,33,35). The highest BCUT2D eigenvalue weighted by molar-refractivity contribution is 6.34. The fraction of sp³-hybridized carbons (Fsp3) is 0.448. The number of anilines is 1. The van der Waals surface area contributed by atoms with E-state index in [1.165, 1.54) is 0 Å².